The molecule has 5 nitrogen and oxygen atoms in total. The van der Waals surface area contributed by atoms with Gasteiger partial charge in [0.2, 0.25) is 0 Å². The zero-order chi connectivity index (χ0) is 15.2. The Labute approximate surface area is 121 Å². The van der Waals surface area contributed by atoms with E-state index in [0.29, 0.717) is 5.56 Å². The number of amides is 1. The van der Waals surface area contributed by atoms with Gasteiger partial charge in [-0.15, -0.1) is 0 Å². The topological polar surface area (TPSA) is 86.6 Å². The smallest absolute Gasteiger partial charge is 0.305 e. The second-order valence-corrected chi connectivity index (χ2v) is 4.55. The lowest BCUT2D eigenvalue weighted by Crippen LogP contribution is -2.30. The van der Waals surface area contributed by atoms with Gasteiger partial charge < -0.3 is 15.5 Å². The highest BCUT2D eigenvalue weighted by molar-refractivity contribution is 5.97. The number of carboxylic acids is 1. The Morgan fingerprint density at radius 2 is 1.62 bits per heavy atom. The molecule has 2 rings (SSSR count). The number of carbonyl (C=O) groups excluding carboxylic acids is 1. The van der Waals surface area contributed by atoms with Gasteiger partial charge in [0.05, 0.1) is 18.0 Å². The molecule has 0 bridgehead atoms. The molecule has 0 aliphatic rings. The van der Waals surface area contributed by atoms with E-state index >= 15 is 0 Å². The van der Waals surface area contributed by atoms with E-state index in [9.17, 15) is 14.7 Å². The molecule has 0 spiro atoms. The van der Waals surface area contributed by atoms with E-state index in [2.05, 4.69) is 5.32 Å². The zero-order valence-electron chi connectivity index (χ0n) is 11.2. The van der Waals surface area contributed by atoms with Crippen LogP contribution in [0.15, 0.2) is 54.6 Å². The number of para-hydroxylation sites is 1. The molecule has 0 aromatic heterocycles. The molecular formula is C16H15NO4. The van der Waals surface area contributed by atoms with E-state index in [-0.39, 0.29) is 17.7 Å². The van der Waals surface area contributed by atoms with Gasteiger partial charge in [0.15, 0.2) is 0 Å². The molecule has 2 aromatic rings. The first-order valence-corrected chi connectivity index (χ1v) is 6.43. The maximum atomic E-state index is 12.2. The maximum absolute atomic E-state index is 12.2. The largest absolute Gasteiger partial charge is 0.507 e. The van der Waals surface area contributed by atoms with E-state index < -0.39 is 17.9 Å². The van der Waals surface area contributed by atoms with Gasteiger partial charge in [0, 0.05) is 0 Å². The van der Waals surface area contributed by atoms with Crippen LogP contribution in [-0.4, -0.2) is 22.1 Å². The Balaban J connectivity index is 2.21. The lowest BCUT2D eigenvalue weighted by atomic mass is 10.0. The van der Waals surface area contributed by atoms with Gasteiger partial charge in [-0.2, -0.15) is 0 Å². The van der Waals surface area contributed by atoms with Crippen LogP contribution >= 0.6 is 0 Å². The number of benzene rings is 2. The molecule has 5 heteroatoms. The number of hydrogen-bond acceptors (Lipinski definition) is 3. The molecule has 21 heavy (non-hydrogen) atoms. The summed E-state index contributed by atoms with van der Waals surface area (Å²) in [5.74, 6) is -1.67. The normalized spacial score (nSPS) is 11.6. The lowest BCUT2D eigenvalue weighted by molar-refractivity contribution is -0.137. The molecule has 0 radical (unpaired) electrons. The summed E-state index contributed by atoms with van der Waals surface area (Å²) >= 11 is 0. The first kappa shape index (κ1) is 14.6. The number of carbonyl (C=O) groups is 2. The molecule has 0 saturated carbocycles. The average Bonchev–Trinajstić information content (AvgIpc) is 2.47. The fourth-order valence-electron chi connectivity index (χ4n) is 2.01. The van der Waals surface area contributed by atoms with Crippen molar-refractivity contribution in [2.75, 3.05) is 0 Å². The summed E-state index contributed by atoms with van der Waals surface area (Å²) in [4.78, 5) is 23.1. The van der Waals surface area contributed by atoms with Gasteiger partial charge in [-0.3, -0.25) is 9.59 Å². The maximum Gasteiger partial charge on any atom is 0.305 e. The molecule has 0 fully saturated rings. The molecule has 0 aliphatic carbocycles. The number of aliphatic carboxylic acids is 1. The number of rotatable bonds is 5. The highest BCUT2D eigenvalue weighted by atomic mass is 16.4. The Hall–Kier alpha value is -2.82. The van der Waals surface area contributed by atoms with E-state index in [1.54, 1.807) is 36.4 Å². The van der Waals surface area contributed by atoms with Crippen molar-refractivity contribution in [1.29, 1.82) is 0 Å². The summed E-state index contributed by atoms with van der Waals surface area (Å²) in [5.41, 5.74) is 0.812. The second kappa shape index (κ2) is 6.56. The van der Waals surface area contributed by atoms with Crippen molar-refractivity contribution in [1.82, 2.24) is 5.32 Å². The molecule has 1 atom stereocenters. The molecule has 1 unspecified atom stereocenters. The number of aromatic hydroxyl groups is 1. The quantitative estimate of drug-likeness (QED) is 0.787. The van der Waals surface area contributed by atoms with Gasteiger partial charge >= 0.3 is 5.97 Å². The second-order valence-electron chi connectivity index (χ2n) is 4.55. The van der Waals surface area contributed by atoms with Crippen molar-refractivity contribution in [3.63, 3.8) is 0 Å². The summed E-state index contributed by atoms with van der Waals surface area (Å²) in [5, 5.41) is 21.3. The first-order chi connectivity index (χ1) is 10.1. The predicted molar refractivity (Wildman–Crippen MR) is 77.0 cm³/mol. The molecule has 108 valence electrons. The van der Waals surface area contributed by atoms with E-state index in [0.717, 1.165) is 0 Å². The third kappa shape index (κ3) is 3.82. The molecule has 1 amide bonds. The minimum absolute atomic E-state index is 0.115. The monoisotopic (exact) mass is 285 g/mol. The van der Waals surface area contributed by atoms with Crippen molar-refractivity contribution in [3.05, 3.63) is 65.7 Å². The third-order valence-electron chi connectivity index (χ3n) is 3.03. The zero-order valence-corrected chi connectivity index (χ0v) is 11.2. The van der Waals surface area contributed by atoms with E-state index in [1.165, 1.54) is 12.1 Å². The van der Waals surface area contributed by atoms with Gasteiger partial charge in [-0.1, -0.05) is 42.5 Å². The number of phenols is 1. The van der Waals surface area contributed by atoms with Crippen LogP contribution in [0.1, 0.15) is 28.4 Å². The SMILES string of the molecule is O=C(O)CC(NC(=O)c1ccccc1O)c1ccccc1. The Morgan fingerprint density at radius 3 is 2.24 bits per heavy atom. The highest BCUT2D eigenvalue weighted by Gasteiger charge is 2.20. The van der Waals surface area contributed by atoms with Crippen LogP contribution in [0.2, 0.25) is 0 Å². The third-order valence-corrected chi connectivity index (χ3v) is 3.03. The highest BCUT2D eigenvalue weighted by Crippen LogP contribution is 2.20. The fraction of sp³-hybridized carbons (Fsp3) is 0.125. The number of nitrogens with one attached hydrogen (secondary N) is 1. The van der Waals surface area contributed by atoms with Crippen molar-refractivity contribution in [2.24, 2.45) is 0 Å². The Bertz CT molecular complexity index is 640. The van der Waals surface area contributed by atoms with Crippen LogP contribution in [0, 0.1) is 0 Å². The number of phenolic OH excluding ortho intramolecular Hbond substituents is 1. The first-order valence-electron chi connectivity index (χ1n) is 6.43. The van der Waals surface area contributed by atoms with Crippen LogP contribution in [0.3, 0.4) is 0 Å². The average molecular weight is 285 g/mol. The molecule has 0 aliphatic heterocycles. The van der Waals surface area contributed by atoms with Gasteiger partial charge in [0.25, 0.3) is 5.91 Å². The minimum atomic E-state index is -1.01. The summed E-state index contributed by atoms with van der Waals surface area (Å²) in [6, 6.07) is 14.3. The Kier molecular flexibility index (Phi) is 4.56. The number of carboxylic acid groups (broad SMARTS) is 1. The minimum Gasteiger partial charge on any atom is -0.507 e. The van der Waals surface area contributed by atoms with Crippen LogP contribution in [0.5, 0.6) is 5.75 Å². The summed E-state index contributed by atoms with van der Waals surface area (Å²) < 4.78 is 0. The molecule has 0 saturated heterocycles. The lowest BCUT2D eigenvalue weighted by Gasteiger charge is -2.17. The van der Waals surface area contributed by atoms with Crippen LogP contribution in [-0.2, 0) is 4.79 Å². The van der Waals surface area contributed by atoms with Crippen molar-refractivity contribution in [2.45, 2.75) is 12.5 Å². The molecule has 2 aromatic carbocycles. The predicted octanol–water partition coefficient (Wildman–Crippen LogP) is 2.34. The number of hydrogen-bond donors (Lipinski definition) is 3. The van der Waals surface area contributed by atoms with E-state index in [1.807, 2.05) is 6.07 Å². The van der Waals surface area contributed by atoms with Gasteiger partial charge in [-0.05, 0) is 17.7 Å². The van der Waals surface area contributed by atoms with Gasteiger partial charge in [-0.25, -0.2) is 0 Å². The van der Waals surface area contributed by atoms with Crippen molar-refractivity contribution >= 4 is 11.9 Å². The summed E-state index contributed by atoms with van der Waals surface area (Å²) in [6.07, 6.45) is -0.233. The summed E-state index contributed by atoms with van der Waals surface area (Å²) in [6.45, 7) is 0. The van der Waals surface area contributed by atoms with Crippen LogP contribution in [0.25, 0.3) is 0 Å². The molecular weight excluding hydrogens is 270 g/mol. The molecule has 3 N–H and O–H groups in total. The van der Waals surface area contributed by atoms with E-state index in [4.69, 9.17) is 5.11 Å². The molecule has 0 heterocycles. The van der Waals surface area contributed by atoms with Crippen molar-refractivity contribution in [3.8, 4) is 5.75 Å². The summed E-state index contributed by atoms with van der Waals surface area (Å²) in [7, 11) is 0. The van der Waals surface area contributed by atoms with Gasteiger partial charge in [0.1, 0.15) is 5.75 Å². The standard InChI is InChI=1S/C16H15NO4/c18-14-9-5-4-8-12(14)16(21)17-13(10-15(19)20)11-6-2-1-3-7-11/h1-9,13,18H,10H2,(H,17,21)(H,19,20). The van der Waals surface area contributed by atoms with Crippen molar-refractivity contribution < 1.29 is 19.8 Å². The fourth-order valence-corrected chi connectivity index (χ4v) is 2.01. The van der Waals surface area contributed by atoms with Crippen LogP contribution in [0.4, 0.5) is 0 Å². The Morgan fingerprint density at radius 1 is 1.00 bits per heavy atom. The van der Waals surface area contributed by atoms with Crippen LogP contribution < -0.4 is 5.32 Å².